The molecule has 2 rings (SSSR count). The smallest absolute Gasteiger partial charge is 0.302 e. The summed E-state index contributed by atoms with van der Waals surface area (Å²) in [6.07, 6.45) is 4.81. The maximum Gasteiger partial charge on any atom is 0.302 e. The summed E-state index contributed by atoms with van der Waals surface area (Å²) >= 11 is 0. The Morgan fingerprint density at radius 2 is 1.85 bits per heavy atom. The summed E-state index contributed by atoms with van der Waals surface area (Å²) in [5.74, 6) is -0.131. The average Bonchev–Trinajstić information content (AvgIpc) is 2.33. The van der Waals surface area contributed by atoms with Crippen molar-refractivity contribution >= 4 is 5.97 Å². The average molecular weight is 183 g/mol. The predicted molar refractivity (Wildman–Crippen MR) is 49.4 cm³/mol. The zero-order valence-corrected chi connectivity index (χ0v) is 8.32. The highest BCUT2D eigenvalue weighted by Gasteiger charge is 2.39. The first-order chi connectivity index (χ1) is 6.16. The van der Waals surface area contributed by atoms with Gasteiger partial charge in [0.25, 0.3) is 0 Å². The molecule has 74 valence electrons. The van der Waals surface area contributed by atoms with Crippen LogP contribution in [0.25, 0.3) is 0 Å². The highest BCUT2D eigenvalue weighted by molar-refractivity contribution is 5.66. The van der Waals surface area contributed by atoms with Crippen molar-refractivity contribution < 1.29 is 9.53 Å². The van der Waals surface area contributed by atoms with E-state index < -0.39 is 0 Å². The SMILES string of the molecule is CC(=O)O[C@H]1C[C@H]2CC[C@@H](C1)N2C. The zero-order valence-electron chi connectivity index (χ0n) is 8.32. The maximum absolute atomic E-state index is 10.8. The first kappa shape index (κ1) is 9.00. The van der Waals surface area contributed by atoms with Crippen LogP contribution in [0.4, 0.5) is 0 Å². The molecule has 2 bridgehead atoms. The number of carbonyl (C=O) groups is 1. The third-order valence-electron chi connectivity index (χ3n) is 3.39. The lowest BCUT2D eigenvalue weighted by Crippen LogP contribution is -2.43. The molecule has 3 atom stereocenters. The highest BCUT2D eigenvalue weighted by Crippen LogP contribution is 2.35. The molecule has 0 aromatic heterocycles. The molecule has 3 heteroatoms. The lowest BCUT2D eigenvalue weighted by Gasteiger charge is -2.35. The van der Waals surface area contributed by atoms with Crippen molar-refractivity contribution in [1.29, 1.82) is 0 Å². The van der Waals surface area contributed by atoms with E-state index in [-0.39, 0.29) is 12.1 Å². The number of hydrogen-bond acceptors (Lipinski definition) is 3. The Balaban J connectivity index is 1.95. The van der Waals surface area contributed by atoms with E-state index in [1.165, 1.54) is 19.8 Å². The van der Waals surface area contributed by atoms with E-state index >= 15 is 0 Å². The summed E-state index contributed by atoms with van der Waals surface area (Å²) in [6, 6.07) is 1.31. The molecular formula is C10H17NO2. The van der Waals surface area contributed by atoms with Gasteiger partial charge in [0.2, 0.25) is 0 Å². The van der Waals surface area contributed by atoms with Crippen LogP contribution in [-0.4, -0.2) is 36.1 Å². The summed E-state index contributed by atoms with van der Waals surface area (Å²) in [7, 11) is 2.19. The minimum Gasteiger partial charge on any atom is -0.462 e. The van der Waals surface area contributed by atoms with Gasteiger partial charge in [-0.3, -0.25) is 4.79 Å². The topological polar surface area (TPSA) is 29.5 Å². The zero-order chi connectivity index (χ0) is 9.42. The molecule has 2 aliphatic rings. The van der Waals surface area contributed by atoms with Crippen molar-refractivity contribution in [2.75, 3.05) is 7.05 Å². The van der Waals surface area contributed by atoms with Gasteiger partial charge in [-0.05, 0) is 32.7 Å². The molecule has 0 amide bonds. The fourth-order valence-corrected chi connectivity index (χ4v) is 2.69. The van der Waals surface area contributed by atoms with Gasteiger partial charge < -0.3 is 9.64 Å². The van der Waals surface area contributed by atoms with E-state index in [4.69, 9.17) is 4.74 Å². The third kappa shape index (κ3) is 1.70. The Bertz CT molecular complexity index is 203. The minimum atomic E-state index is -0.131. The van der Waals surface area contributed by atoms with E-state index in [1.54, 1.807) is 0 Å². The summed E-state index contributed by atoms with van der Waals surface area (Å²) in [5.41, 5.74) is 0. The number of hydrogen-bond donors (Lipinski definition) is 0. The van der Waals surface area contributed by atoms with Gasteiger partial charge >= 0.3 is 5.97 Å². The van der Waals surface area contributed by atoms with Crippen LogP contribution in [0, 0.1) is 0 Å². The minimum absolute atomic E-state index is 0.131. The Hall–Kier alpha value is -0.570. The van der Waals surface area contributed by atoms with Gasteiger partial charge in [0.05, 0.1) is 0 Å². The number of rotatable bonds is 1. The molecule has 0 N–H and O–H groups in total. The monoisotopic (exact) mass is 183 g/mol. The fourth-order valence-electron chi connectivity index (χ4n) is 2.69. The maximum atomic E-state index is 10.8. The number of piperidine rings is 1. The lowest BCUT2D eigenvalue weighted by atomic mass is 10.0. The Kier molecular flexibility index (Phi) is 2.28. The second kappa shape index (κ2) is 3.29. The predicted octanol–water partition coefficient (Wildman–Crippen LogP) is 1.17. The van der Waals surface area contributed by atoms with Crippen molar-refractivity contribution in [2.45, 2.75) is 50.8 Å². The molecule has 0 unspecified atom stereocenters. The van der Waals surface area contributed by atoms with E-state index in [0.29, 0.717) is 12.1 Å². The summed E-state index contributed by atoms with van der Waals surface area (Å²) < 4.78 is 5.25. The number of carbonyl (C=O) groups excluding carboxylic acids is 1. The molecular weight excluding hydrogens is 166 g/mol. The van der Waals surface area contributed by atoms with Crippen molar-refractivity contribution in [1.82, 2.24) is 4.90 Å². The number of ether oxygens (including phenoxy) is 1. The Morgan fingerprint density at radius 1 is 1.31 bits per heavy atom. The van der Waals surface area contributed by atoms with Gasteiger partial charge in [-0.15, -0.1) is 0 Å². The van der Waals surface area contributed by atoms with Crippen molar-refractivity contribution in [3.05, 3.63) is 0 Å². The molecule has 13 heavy (non-hydrogen) atoms. The van der Waals surface area contributed by atoms with Crippen LogP contribution in [0.2, 0.25) is 0 Å². The van der Waals surface area contributed by atoms with Crippen molar-refractivity contribution in [2.24, 2.45) is 0 Å². The van der Waals surface area contributed by atoms with Crippen LogP contribution >= 0.6 is 0 Å². The largest absolute Gasteiger partial charge is 0.462 e. The first-order valence-corrected chi connectivity index (χ1v) is 5.06. The van der Waals surface area contributed by atoms with Gasteiger partial charge in [-0.1, -0.05) is 0 Å². The van der Waals surface area contributed by atoms with Gasteiger partial charge in [0, 0.05) is 19.0 Å². The quantitative estimate of drug-likeness (QED) is 0.572. The van der Waals surface area contributed by atoms with E-state index in [9.17, 15) is 4.79 Å². The van der Waals surface area contributed by atoms with Crippen LogP contribution in [0.1, 0.15) is 32.6 Å². The Morgan fingerprint density at radius 3 is 2.31 bits per heavy atom. The van der Waals surface area contributed by atoms with Crippen LogP contribution < -0.4 is 0 Å². The molecule has 0 aromatic rings. The normalized spacial score (nSPS) is 39.1. The number of esters is 1. The van der Waals surface area contributed by atoms with Gasteiger partial charge in [-0.25, -0.2) is 0 Å². The molecule has 2 heterocycles. The van der Waals surface area contributed by atoms with E-state index in [1.807, 2.05) is 0 Å². The number of fused-ring (bicyclic) bond motifs is 2. The fraction of sp³-hybridized carbons (Fsp3) is 0.900. The molecule has 2 aliphatic heterocycles. The van der Waals surface area contributed by atoms with Crippen molar-refractivity contribution in [3.8, 4) is 0 Å². The van der Waals surface area contributed by atoms with Gasteiger partial charge in [0.15, 0.2) is 0 Å². The summed E-state index contributed by atoms with van der Waals surface area (Å²) in [6.45, 7) is 1.50. The second-order valence-electron chi connectivity index (χ2n) is 4.25. The molecule has 0 aromatic carbocycles. The van der Waals surface area contributed by atoms with Crippen molar-refractivity contribution in [3.63, 3.8) is 0 Å². The van der Waals surface area contributed by atoms with Crippen LogP contribution in [-0.2, 0) is 9.53 Å². The number of nitrogens with zero attached hydrogens (tertiary/aromatic N) is 1. The first-order valence-electron chi connectivity index (χ1n) is 5.06. The second-order valence-corrected chi connectivity index (χ2v) is 4.25. The van der Waals surface area contributed by atoms with E-state index in [2.05, 4.69) is 11.9 Å². The molecule has 3 nitrogen and oxygen atoms in total. The molecule has 2 saturated heterocycles. The standard InChI is InChI=1S/C10H17NO2/c1-7(12)13-10-5-8-3-4-9(6-10)11(8)2/h8-10H,3-6H2,1-2H3/t8-,9+,10+. The molecule has 0 radical (unpaired) electrons. The summed E-state index contributed by atoms with van der Waals surface area (Å²) in [4.78, 5) is 13.2. The lowest BCUT2D eigenvalue weighted by molar-refractivity contribution is -0.149. The summed E-state index contributed by atoms with van der Waals surface area (Å²) in [5, 5.41) is 0. The molecule has 0 spiro atoms. The van der Waals surface area contributed by atoms with Gasteiger partial charge in [-0.2, -0.15) is 0 Å². The highest BCUT2D eigenvalue weighted by atomic mass is 16.5. The molecule has 2 fully saturated rings. The van der Waals surface area contributed by atoms with E-state index in [0.717, 1.165) is 12.8 Å². The van der Waals surface area contributed by atoms with Crippen LogP contribution in [0.3, 0.4) is 0 Å². The van der Waals surface area contributed by atoms with Crippen LogP contribution in [0.15, 0.2) is 0 Å². The van der Waals surface area contributed by atoms with Gasteiger partial charge in [0.1, 0.15) is 6.10 Å². The molecule has 0 aliphatic carbocycles. The molecule has 0 saturated carbocycles. The third-order valence-corrected chi connectivity index (χ3v) is 3.39. The van der Waals surface area contributed by atoms with Crippen LogP contribution in [0.5, 0.6) is 0 Å². The Labute approximate surface area is 79.0 Å².